The first-order valence-corrected chi connectivity index (χ1v) is 8.96. The SMILES string of the molecule is CCN(CC1CCN(Cc2ccccc2)C1)C(=O)CNCCOC.Cl.Cl. The smallest absolute Gasteiger partial charge is 0.236 e. The molecule has 1 saturated heterocycles. The summed E-state index contributed by atoms with van der Waals surface area (Å²) in [6.07, 6.45) is 1.17. The zero-order valence-electron chi connectivity index (χ0n) is 15.9. The molecule has 1 aromatic carbocycles. The third-order valence-electron chi connectivity index (χ3n) is 4.59. The van der Waals surface area contributed by atoms with Crippen molar-refractivity contribution in [1.82, 2.24) is 15.1 Å². The van der Waals surface area contributed by atoms with Crippen LogP contribution in [-0.4, -0.2) is 68.7 Å². The van der Waals surface area contributed by atoms with Crippen LogP contribution in [0.1, 0.15) is 18.9 Å². The molecule has 0 bridgehead atoms. The molecule has 1 unspecified atom stereocenters. The van der Waals surface area contributed by atoms with Crippen LogP contribution >= 0.6 is 24.8 Å². The molecule has 1 aromatic rings. The summed E-state index contributed by atoms with van der Waals surface area (Å²) in [6, 6.07) is 10.6. The molecule has 0 aliphatic carbocycles. The second-order valence-electron chi connectivity index (χ2n) is 6.48. The zero-order chi connectivity index (χ0) is 17.2. The maximum atomic E-state index is 12.3. The topological polar surface area (TPSA) is 44.8 Å². The summed E-state index contributed by atoms with van der Waals surface area (Å²) < 4.78 is 4.99. The normalized spacial score (nSPS) is 16.6. The van der Waals surface area contributed by atoms with Crippen molar-refractivity contribution < 1.29 is 9.53 Å². The molecule has 7 heteroatoms. The summed E-state index contributed by atoms with van der Waals surface area (Å²) in [4.78, 5) is 16.8. The first-order valence-electron chi connectivity index (χ1n) is 8.96. The van der Waals surface area contributed by atoms with E-state index in [0.29, 0.717) is 25.6 Å². The highest BCUT2D eigenvalue weighted by atomic mass is 35.5. The van der Waals surface area contributed by atoms with Gasteiger partial charge in [-0.1, -0.05) is 30.3 Å². The third-order valence-corrected chi connectivity index (χ3v) is 4.59. The van der Waals surface area contributed by atoms with Crippen LogP contribution in [0.15, 0.2) is 30.3 Å². The Balaban J connectivity index is 0.00000312. The van der Waals surface area contributed by atoms with Crippen molar-refractivity contribution in [3.05, 3.63) is 35.9 Å². The minimum atomic E-state index is 0. The van der Waals surface area contributed by atoms with Crippen LogP contribution in [0, 0.1) is 5.92 Å². The van der Waals surface area contributed by atoms with Crippen molar-refractivity contribution in [2.75, 3.05) is 53.0 Å². The number of rotatable bonds is 10. The second-order valence-corrected chi connectivity index (χ2v) is 6.48. The molecule has 1 amide bonds. The number of hydrogen-bond acceptors (Lipinski definition) is 4. The zero-order valence-corrected chi connectivity index (χ0v) is 17.5. The van der Waals surface area contributed by atoms with Crippen LogP contribution in [0.2, 0.25) is 0 Å². The van der Waals surface area contributed by atoms with Crippen molar-refractivity contribution in [3.8, 4) is 0 Å². The molecular formula is C19H33Cl2N3O2. The lowest BCUT2D eigenvalue weighted by Gasteiger charge is -2.25. The maximum Gasteiger partial charge on any atom is 0.236 e. The Hall–Kier alpha value is -0.850. The minimum absolute atomic E-state index is 0. The first kappa shape index (κ1) is 25.1. The number of benzene rings is 1. The van der Waals surface area contributed by atoms with Gasteiger partial charge in [0.05, 0.1) is 13.2 Å². The van der Waals surface area contributed by atoms with E-state index in [0.717, 1.165) is 32.7 Å². The highest BCUT2D eigenvalue weighted by Gasteiger charge is 2.25. The van der Waals surface area contributed by atoms with Gasteiger partial charge in [0.2, 0.25) is 5.91 Å². The quantitative estimate of drug-likeness (QED) is 0.607. The Bertz CT molecular complexity index is 491. The number of methoxy groups -OCH3 is 1. The van der Waals surface area contributed by atoms with E-state index in [1.807, 2.05) is 4.90 Å². The van der Waals surface area contributed by atoms with Gasteiger partial charge in [0, 0.05) is 39.8 Å². The van der Waals surface area contributed by atoms with Crippen LogP contribution in [-0.2, 0) is 16.1 Å². The van der Waals surface area contributed by atoms with Gasteiger partial charge in [0.25, 0.3) is 0 Å². The molecular weight excluding hydrogens is 373 g/mol. The number of nitrogens with one attached hydrogen (secondary N) is 1. The summed E-state index contributed by atoms with van der Waals surface area (Å²) in [5.74, 6) is 0.770. The third kappa shape index (κ3) is 8.69. The summed E-state index contributed by atoms with van der Waals surface area (Å²) >= 11 is 0. The molecule has 0 spiro atoms. The van der Waals surface area contributed by atoms with Crippen molar-refractivity contribution in [2.45, 2.75) is 19.9 Å². The molecule has 1 aliphatic rings. The lowest BCUT2D eigenvalue weighted by molar-refractivity contribution is -0.130. The van der Waals surface area contributed by atoms with E-state index >= 15 is 0 Å². The van der Waals surface area contributed by atoms with Gasteiger partial charge in [-0.25, -0.2) is 0 Å². The number of carbonyl (C=O) groups is 1. The fourth-order valence-corrected chi connectivity index (χ4v) is 3.25. The predicted molar refractivity (Wildman–Crippen MR) is 111 cm³/mol. The number of likely N-dealkylation sites (N-methyl/N-ethyl adjacent to an activating group) is 1. The molecule has 1 heterocycles. The number of carbonyl (C=O) groups excluding carboxylic acids is 1. The number of nitrogens with zero attached hydrogens (tertiary/aromatic N) is 2. The lowest BCUT2D eigenvalue weighted by atomic mass is 10.1. The standard InChI is InChI=1S/C19H31N3O2.2ClH/c1-3-22(19(23)13-20-10-12-24-2)16-18-9-11-21(15-18)14-17-7-5-4-6-8-17;;/h4-8,18,20H,3,9-16H2,1-2H3;2*1H. The van der Waals surface area contributed by atoms with Crippen LogP contribution in [0.25, 0.3) is 0 Å². The van der Waals surface area contributed by atoms with Crippen LogP contribution < -0.4 is 5.32 Å². The maximum absolute atomic E-state index is 12.3. The van der Waals surface area contributed by atoms with Crippen molar-refractivity contribution in [2.24, 2.45) is 5.92 Å². The summed E-state index contributed by atoms with van der Waals surface area (Å²) in [5, 5.41) is 3.14. The molecule has 1 aliphatic heterocycles. The Labute approximate surface area is 170 Å². The van der Waals surface area contributed by atoms with E-state index < -0.39 is 0 Å². The summed E-state index contributed by atoms with van der Waals surface area (Å²) in [6.45, 7) is 8.67. The van der Waals surface area contributed by atoms with Gasteiger partial charge < -0.3 is 15.0 Å². The van der Waals surface area contributed by atoms with E-state index in [1.165, 1.54) is 12.0 Å². The molecule has 0 radical (unpaired) electrons. The summed E-state index contributed by atoms with van der Waals surface area (Å²) in [5.41, 5.74) is 1.36. The van der Waals surface area contributed by atoms with Gasteiger partial charge in [0.1, 0.15) is 0 Å². The van der Waals surface area contributed by atoms with E-state index in [1.54, 1.807) is 7.11 Å². The Morgan fingerprint density at radius 3 is 2.69 bits per heavy atom. The average Bonchev–Trinajstić information content (AvgIpc) is 3.04. The molecule has 0 saturated carbocycles. The molecule has 2 rings (SSSR count). The fraction of sp³-hybridized carbons (Fsp3) is 0.632. The fourth-order valence-electron chi connectivity index (χ4n) is 3.25. The van der Waals surface area contributed by atoms with E-state index in [4.69, 9.17) is 4.74 Å². The first-order chi connectivity index (χ1) is 11.7. The minimum Gasteiger partial charge on any atom is -0.383 e. The molecule has 5 nitrogen and oxygen atoms in total. The number of hydrogen-bond donors (Lipinski definition) is 1. The Morgan fingerprint density at radius 1 is 1.31 bits per heavy atom. The lowest BCUT2D eigenvalue weighted by Crippen LogP contribution is -2.41. The number of amides is 1. The van der Waals surface area contributed by atoms with Crippen LogP contribution in [0.4, 0.5) is 0 Å². The Morgan fingerprint density at radius 2 is 2.04 bits per heavy atom. The van der Waals surface area contributed by atoms with Gasteiger partial charge in [-0.3, -0.25) is 9.69 Å². The largest absolute Gasteiger partial charge is 0.383 e. The van der Waals surface area contributed by atoms with Crippen molar-refractivity contribution in [1.29, 1.82) is 0 Å². The molecule has 150 valence electrons. The van der Waals surface area contributed by atoms with Crippen molar-refractivity contribution >= 4 is 30.7 Å². The number of likely N-dealkylation sites (tertiary alicyclic amines) is 1. The van der Waals surface area contributed by atoms with E-state index in [2.05, 4.69) is 47.5 Å². The van der Waals surface area contributed by atoms with Gasteiger partial charge in [-0.05, 0) is 31.4 Å². The number of ether oxygens (including phenoxy) is 1. The van der Waals surface area contributed by atoms with Crippen LogP contribution in [0.5, 0.6) is 0 Å². The second kappa shape index (κ2) is 14.2. The molecule has 1 fully saturated rings. The van der Waals surface area contributed by atoms with E-state index in [9.17, 15) is 4.79 Å². The van der Waals surface area contributed by atoms with Gasteiger partial charge >= 0.3 is 0 Å². The molecule has 0 aromatic heterocycles. The predicted octanol–water partition coefficient (Wildman–Crippen LogP) is 2.44. The van der Waals surface area contributed by atoms with Gasteiger partial charge in [0.15, 0.2) is 0 Å². The number of halogens is 2. The van der Waals surface area contributed by atoms with Gasteiger partial charge in [-0.2, -0.15) is 0 Å². The van der Waals surface area contributed by atoms with Gasteiger partial charge in [-0.15, -0.1) is 24.8 Å². The van der Waals surface area contributed by atoms with E-state index in [-0.39, 0.29) is 30.7 Å². The molecule has 1 N–H and O–H groups in total. The highest BCUT2D eigenvalue weighted by Crippen LogP contribution is 2.19. The summed E-state index contributed by atoms with van der Waals surface area (Å²) in [7, 11) is 1.67. The average molecular weight is 406 g/mol. The molecule has 26 heavy (non-hydrogen) atoms. The van der Waals surface area contributed by atoms with Crippen molar-refractivity contribution in [3.63, 3.8) is 0 Å². The monoisotopic (exact) mass is 405 g/mol. The molecule has 1 atom stereocenters. The Kier molecular flexibility index (Phi) is 13.8. The van der Waals surface area contributed by atoms with Crippen LogP contribution in [0.3, 0.4) is 0 Å². The highest BCUT2D eigenvalue weighted by molar-refractivity contribution is 5.85.